The number of rotatable bonds is 7. The molecule has 1 heterocycles. The summed E-state index contributed by atoms with van der Waals surface area (Å²) in [5.41, 5.74) is 0. The van der Waals surface area contributed by atoms with Gasteiger partial charge in [0.25, 0.3) is 10.0 Å². The molecule has 0 aliphatic carbocycles. The third kappa shape index (κ3) is 4.35. The van der Waals surface area contributed by atoms with E-state index in [9.17, 15) is 8.42 Å². The maximum absolute atomic E-state index is 11.9. The fourth-order valence-corrected chi connectivity index (χ4v) is 2.70. The molecule has 0 saturated heterocycles. The van der Waals surface area contributed by atoms with E-state index in [1.165, 1.54) is 12.1 Å². The van der Waals surface area contributed by atoms with Gasteiger partial charge in [-0.2, -0.15) is 0 Å². The minimum absolute atomic E-state index is 0.0658. The summed E-state index contributed by atoms with van der Waals surface area (Å²) >= 11 is 5.75. The summed E-state index contributed by atoms with van der Waals surface area (Å²) < 4.78 is 28.9. The summed E-state index contributed by atoms with van der Waals surface area (Å²) in [6.45, 7) is 0.250. The first-order valence-electron chi connectivity index (χ1n) is 5.99. The maximum Gasteiger partial charge on any atom is 0.262 e. The standard InChI is InChI=1S/C13H14ClNO4S/c14-11-4-1-7-13(10-11)20(16,17)15-19-9-3-6-12-5-2-8-18-12/h1-2,4-5,7-8,10,15H,3,6,9H2. The maximum atomic E-state index is 11.9. The molecule has 0 radical (unpaired) electrons. The lowest BCUT2D eigenvalue weighted by Crippen LogP contribution is -2.24. The Kier molecular flexibility index (Phi) is 5.19. The van der Waals surface area contributed by atoms with Crippen LogP contribution >= 0.6 is 11.6 Å². The number of halogens is 1. The van der Waals surface area contributed by atoms with Gasteiger partial charge >= 0.3 is 0 Å². The third-order valence-electron chi connectivity index (χ3n) is 2.52. The molecule has 0 fully saturated rings. The lowest BCUT2D eigenvalue weighted by molar-refractivity contribution is 0.0905. The first-order valence-corrected chi connectivity index (χ1v) is 7.85. The van der Waals surface area contributed by atoms with Gasteiger partial charge in [0.15, 0.2) is 0 Å². The first kappa shape index (κ1) is 15.1. The van der Waals surface area contributed by atoms with Gasteiger partial charge in [0, 0.05) is 11.4 Å². The number of hydrogen-bond acceptors (Lipinski definition) is 4. The van der Waals surface area contributed by atoms with Crippen LogP contribution in [-0.2, 0) is 21.3 Å². The van der Waals surface area contributed by atoms with E-state index in [1.807, 2.05) is 6.07 Å². The van der Waals surface area contributed by atoms with Crippen molar-refractivity contribution in [2.24, 2.45) is 0 Å². The Morgan fingerprint density at radius 2 is 2.10 bits per heavy atom. The predicted molar refractivity (Wildman–Crippen MR) is 74.8 cm³/mol. The molecule has 0 atom stereocenters. The highest BCUT2D eigenvalue weighted by Crippen LogP contribution is 2.15. The van der Waals surface area contributed by atoms with E-state index in [0.717, 1.165) is 5.76 Å². The molecular formula is C13H14ClNO4S. The summed E-state index contributed by atoms with van der Waals surface area (Å²) in [5.74, 6) is 0.839. The highest BCUT2D eigenvalue weighted by atomic mass is 35.5. The minimum atomic E-state index is -3.70. The quantitative estimate of drug-likeness (QED) is 0.630. The number of aryl methyl sites for hydroxylation is 1. The average molecular weight is 316 g/mol. The Morgan fingerprint density at radius 1 is 1.25 bits per heavy atom. The highest BCUT2D eigenvalue weighted by Gasteiger charge is 2.14. The molecule has 0 aliphatic rings. The van der Waals surface area contributed by atoms with Crippen molar-refractivity contribution >= 4 is 21.6 Å². The molecule has 2 rings (SSSR count). The fourth-order valence-electron chi connectivity index (χ4n) is 1.57. The number of sulfonamides is 1. The molecule has 0 aliphatic heterocycles. The SMILES string of the molecule is O=S(=O)(NOCCCc1ccco1)c1cccc(Cl)c1. The van der Waals surface area contributed by atoms with Crippen LogP contribution in [0.5, 0.6) is 0 Å². The molecule has 7 heteroatoms. The van der Waals surface area contributed by atoms with E-state index in [-0.39, 0.29) is 11.5 Å². The van der Waals surface area contributed by atoms with Gasteiger partial charge in [-0.1, -0.05) is 22.6 Å². The van der Waals surface area contributed by atoms with Crippen LogP contribution in [0.4, 0.5) is 0 Å². The summed E-state index contributed by atoms with van der Waals surface area (Å²) in [7, 11) is -3.70. The Bertz CT molecular complexity index is 640. The Hall–Kier alpha value is -1.34. The number of nitrogens with one attached hydrogen (secondary N) is 1. The fraction of sp³-hybridized carbons (Fsp3) is 0.231. The summed E-state index contributed by atoms with van der Waals surface area (Å²) in [6, 6.07) is 9.63. The van der Waals surface area contributed by atoms with Gasteiger partial charge in [-0.05, 0) is 36.8 Å². The van der Waals surface area contributed by atoms with E-state index in [4.69, 9.17) is 20.9 Å². The number of benzene rings is 1. The molecule has 0 amide bonds. The molecule has 0 bridgehead atoms. The monoisotopic (exact) mass is 315 g/mol. The smallest absolute Gasteiger partial charge is 0.262 e. The van der Waals surface area contributed by atoms with Gasteiger partial charge < -0.3 is 4.42 Å². The summed E-state index contributed by atoms with van der Waals surface area (Å²) in [6.07, 6.45) is 2.93. The third-order valence-corrected chi connectivity index (χ3v) is 3.97. The zero-order chi connectivity index (χ0) is 14.4. The van der Waals surface area contributed by atoms with E-state index in [1.54, 1.807) is 24.5 Å². The molecule has 1 aromatic carbocycles. The zero-order valence-electron chi connectivity index (χ0n) is 10.6. The lowest BCUT2D eigenvalue weighted by Gasteiger charge is -2.07. The normalized spacial score (nSPS) is 11.7. The topological polar surface area (TPSA) is 68.5 Å². The van der Waals surface area contributed by atoms with Gasteiger partial charge in [0.05, 0.1) is 17.8 Å². The molecular weight excluding hydrogens is 302 g/mol. The molecule has 0 unspecified atom stereocenters. The molecule has 0 saturated carbocycles. The van der Waals surface area contributed by atoms with Gasteiger partial charge in [0.1, 0.15) is 5.76 Å². The number of furan rings is 1. The second kappa shape index (κ2) is 6.90. The summed E-state index contributed by atoms with van der Waals surface area (Å²) in [4.78, 5) is 7.10. The van der Waals surface area contributed by atoms with Crippen LogP contribution in [0.1, 0.15) is 12.2 Å². The van der Waals surface area contributed by atoms with Crippen LogP contribution in [0.2, 0.25) is 5.02 Å². The van der Waals surface area contributed by atoms with Gasteiger partial charge in [-0.25, -0.2) is 8.42 Å². The Labute approximate surface area is 122 Å². The van der Waals surface area contributed by atoms with E-state index >= 15 is 0 Å². The molecule has 108 valence electrons. The Balaban J connectivity index is 1.78. The predicted octanol–water partition coefficient (Wildman–Crippen LogP) is 2.78. The molecule has 5 nitrogen and oxygen atoms in total. The lowest BCUT2D eigenvalue weighted by atomic mass is 10.3. The van der Waals surface area contributed by atoms with E-state index < -0.39 is 10.0 Å². The second-order valence-corrected chi connectivity index (χ2v) is 6.16. The van der Waals surface area contributed by atoms with Crippen LogP contribution in [-0.4, -0.2) is 15.0 Å². The largest absolute Gasteiger partial charge is 0.469 e. The molecule has 20 heavy (non-hydrogen) atoms. The van der Waals surface area contributed by atoms with Crippen molar-refractivity contribution in [2.75, 3.05) is 6.61 Å². The second-order valence-electron chi connectivity index (χ2n) is 4.08. The first-order chi connectivity index (χ1) is 9.58. The highest BCUT2D eigenvalue weighted by molar-refractivity contribution is 7.89. The molecule has 2 aromatic rings. The van der Waals surface area contributed by atoms with Crippen LogP contribution in [0.25, 0.3) is 0 Å². The number of hydrogen-bond donors (Lipinski definition) is 1. The van der Waals surface area contributed by atoms with Gasteiger partial charge in [0.2, 0.25) is 0 Å². The van der Waals surface area contributed by atoms with Crippen molar-refractivity contribution in [3.8, 4) is 0 Å². The van der Waals surface area contributed by atoms with Crippen LogP contribution in [0.15, 0.2) is 52.0 Å². The van der Waals surface area contributed by atoms with Crippen LogP contribution in [0.3, 0.4) is 0 Å². The average Bonchev–Trinajstić information content (AvgIpc) is 2.91. The molecule has 1 aromatic heterocycles. The van der Waals surface area contributed by atoms with E-state index in [0.29, 0.717) is 17.9 Å². The van der Waals surface area contributed by atoms with Crippen LogP contribution in [0, 0.1) is 0 Å². The van der Waals surface area contributed by atoms with E-state index in [2.05, 4.69) is 4.89 Å². The van der Waals surface area contributed by atoms with Crippen molar-refractivity contribution in [1.29, 1.82) is 0 Å². The van der Waals surface area contributed by atoms with Crippen molar-refractivity contribution in [1.82, 2.24) is 4.89 Å². The van der Waals surface area contributed by atoms with Crippen LogP contribution < -0.4 is 4.89 Å². The van der Waals surface area contributed by atoms with Crippen molar-refractivity contribution < 1.29 is 17.7 Å². The summed E-state index contributed by atoms with van der Waals surface area (Å²) in [5, 5.41) is 0.352. The minimum Gasteiger partial charge on any atom is -0.469 e. The molecule has 0 spiro atoms. The van der Waals surface area contributed by atoms with Crippen molar-refractivity contribution in [3.05, 3.63) is 53.4 Å². The van der Waals surface area contributed by atoms with Gasteiger partial charge in [-0.15, -0.1) is 0 Å². The zero-order valence-corrected chi connectivity index (χ0v) is 12.2. The van der Waals surface area contributed by atoms with Crippen molar-refractivity contribution in [2.45, 2.75) is 17.7 Å². The Morgan fingerprint density at radius 3 is 2.80 bits per heavy atom. The molecule has 1 N–H and O–H groups in total. The van der Waals surface area contributed by atoms with Crippen molar-refractivity contribution in [3.63, 3.8) is 0 Å². The van der Waals surface area contributed by atoms with Gasteiger partial charge in [-0.3, -0.25) is 4.84 Å².